The monoisotopic (exact) mass is 249 g/mol. The highest BCUT2D eigenvalue weighted by molar-refractivity contribution is 7.98. The number of aromatic nitrogens is 2. The van der Waals surface area contributed by atoms with E-state index in [1.165, 1.54) is 0 Å². The average Bonchev–Trinajstić information content (AvgIpc) is 2.72. The van der Waals surface area contributed by atoms with Gasteiger partial charge >= 0.3 is 0 Å². The summed E-state index contributed by atoms with van der Waals surface area (Å²) in [4.78, 5) is 0.985. The largest absolute Gasteiger partial charge is 0.494 e. The van der Waals surface area contributed by atoms with E-state index in [1.807, 2.05) is 37.4 Å². The SMILES string of the molecule is CCOc1ccc(-n2ncc(SC)c2N)cc1. The lowest BCUT2D eigenvalue weighted by Gasteiger charge is -2.06. The van der Waals surface area contributed by atoms with Crippen molar-refractivity contribution in [3.8, 4) is 11.4 Å². The fourth-order valence-corrected chi connectivity index (χ4v) is 2.00. The zero-order chi connectivity index (χ0) is 12.3. The van der Waals surface area contributed by atoms with Crippen LogP contribution in [0.15, 0.2) is 35.4 Å². The Labute approximate surface area is 105 Å². The van der Waals surface area contributed by atoms with Gasteiger partial charge in [-0.3, -0.25) is 0 Å². The second-order valence-corrected chi connectivity index (χ2v) is 4.28. The summed E-state index contributed by atoms with van der Waals surface area (Å²) in [5, 5.41) is 4.26. The molecule has 0 radical (unpaired) electrons. The number of hydrogen-bond donors (Lipinski definition) is 1. The molecule has 0 amide bonds. The summed E-state index contributed by atoms with van der Waals surface area (Å²) in [6, 6.07) is 7.72. The minimum absolute atomic E-state index is 0.667. The van der Waals surface area contributed by atoms with Crippen molar-refractivity contribution in [1.29, 1.82) is 0 Å². The van der Waals surface area contributed by atoms with Crippen molar-refractivity contribution in [3.63, 3.8) is 0 Å². The summed E-state index contributed by atoms with van der Waals surface area (Å²) >= 11 is 1.59. The van der Waals surface area contributed by atoms with Gasteiger partial charge in [-0.15, -0.1) is 11.8 Å². The van der Waals surface area contributed by atoms with Gasteiger partial charge in [-0.2, -0.15) is 5.10 Å². The number of rotatable bonds is 4. The van der Waals surface area contributed by atoms with Gasteiger partial charge in [0.1, 0.15) is 11.6 Å². The van der Waals surface area contributed by atoms with Crippen molar-refractivity contribution in [2.24, 2.45) is 0 Å². The van der Waals surface area contributed by atoms with Crippen LogP contribution in [0.5, 0.6) is 5.75 Å². The molecule has 0 spiro atoms. The number of nitrogens with two attached hydrogens (primary N) is 1. The summed E-state index contributed by atoms with van der Waals surface area (Å²) in [5.74, 6) is 1.52. The molecule has 17 heavy (non-hydrogen) atoms. The van der Waals surface area contributed by atoms with E-state index in [4.69, 9.17) is 10.5 Å². The summed E-state index contributed by atoms with van der Waals surface area (Å²) in [6.45, 7) is 2.63. The van der Waals surface area contributed by atoms with Gasteiger partial charge < -0.3 is 10.5 Å². The lowest BCUT2D eigenvalue weighted by atomic mass is 10.3. The molecule has 0 saturated carbocycles. The first-order valence-corrected chi connectivity index (χ1v) is 6.59. The molecule has 2 rings (SSSR count). The standard InChI is InChI=1S/C12H15N3OS/c1-3-16-10-6-4-9(5-7-10)15-12(13)11(17-2)8-14-15/h4-8H,3,13H2,1-2H3. The van der Waals surface area contributed by atoms with Gasteiger partial charge in [-0.05, 0) is 37.4 Å². The van der Waals surface area contributed by atoms with Crippen molar-refractivity contribution < 1.29 is 4.74 Å². The van der Waals surface area contributed by atoms with Crippen LogP contribution in [0.1, 0.15) is 6.92 Å². The Morgan fingerprint density at radius 2 is 2.06 bits per heavy atom. The molecule has 0 unspecified atom stereocenters. The third kappa shape index (κ3) is 2.39. The maximum atomic E-state index is 5.99. The zero-order valence-electron chi connectivity index (χ0n) is 9.88. The van der Waals surface area contributed by atoms with Crippen LogP contribution < -0.4 is 10.5 Å². The second-order valence-electron chi connectivity index (χ2n) is 3.44. The van der Waals surface area contributed by atoms with Gasteiger partial charge in [0.05, 0.1) is 23.4 Å². The highest BCUT2D eigenvalue weighted by Crippen LogP contribution is 2.25. The smallest absolute Gasteiger partial charge is 0.140 e. The van der Waals surface area contributed by atoms with Gasteiger partial charge in [-0.25, -0.2) is 4.68 Å². The van der Waals surface area contributed by atoms with Crippen LogP contribution in [0.4, 0.5) is 5.82 Å². The van der Waals surface area contributed by atoms with Crippen molar-refractivity contribution in [2.45, 2.75) is 11.8 Å². The molecule has 2 N–H and O–H groups in total. The molecule has 0 fully saturated rings. The van der Waals surface area contributed by atoms with E-state index in [1.54, 1.807) is 22.6 Å². The van der Waals surface area contributed by atoms with E-state index in [-0.39, 0.29) is 0 Å². The van der Waals surface area contributed by atoms with Crippen LogP contribution in [-0.4, -0.2) is 22.6 Å². The molecular weight excluding hydrogens is 234 g/mol. The van der Waals surface area contributed by atoms with Crippen molar-refractivity contribution in [3.05, 3.63) is 30.5 Å². The number of nitrogen functional groups attached to an aromatic ring is 1. The third-order valence-corrected chi connectivity index (χ3v) is 3.14. The maximum Gasteiger partial charge on any atom is 0.140 e. The second kappa shape index (κ2) is 5.14. The highest BCUT2D eigenvalue weighted by Gasteiger charge is 2.07. The van der Waals surface area contributed by atoms with Crippen LogP contribution in [-0.2, 0) is 0 Å². The van der Waals surface area contributed by atoms with Crippen molar-refractivity contribution >= 4 is 17.6 Å². The Balaban J connectivity index is 2.30. The van der Waals surface area contributed by atoms with Gasteiger partial charge in [0.15, 0.2) is 0 Å². The van der Waals surface area contributed by atoms with Crippen LogP contribution in [0, 0.1) is 0 Å². The normalized spacial score (nSPS) is 10.5. The molecule has 0 saturated heterocycles. The van der Waals surface area contributed by atoms with Gasteiger partial charge in [0, 0.05) is 0 Å². The Kier molecular flexibility index (Phi) is 3.58. The van der Waals surface area contributed by atoms with Crippen LogP contribution in [0.25, 0.3) is 5.69 Å². The first kappa shape index (κ1) is 11.9. The zero-order valence-corrected chi connectivity index (χ0v) is 10.7. The van der Waals surface area contributed by atoms with Gasteiger partial charge in [0.2, 0.25) is 0 Å². The average molecular weight is 249 g/mol. The van der Waals surface area contributed by atoms with Crippen LogP contribution in [0.3, 0.4) is 0 Å². The summed E-state index contributed by atoms with van der Waals surface area (Å²) < 4.78 is 7.11. The fraction of sp³-hybridized carbons (Fsp3) is 0.250. The molecule has 90 valence electrons. The molecule has 1 heterocycles. The molecule has 2 aromatic rings. The fourth-order valence-electron chi connectivity index (χ4n) is 1.56. The lowest BCUT2D eigenvalue weighted by Crippen LogP contribution is -2.02. The lowest BCUT2D eigenvalue weighted by molar-refractivity contribution is 0.340. The number of nitrogens with zero attached hydrogens (tertiary/aromatic N) is 2. The molecule has 5 heteroatoms. The Morgan fingerprint density at radius 3 is 2.59 bits per heavy atom. The third-order valence-electron chi connectivity index (χ3n) is 2.38. The number of thioether (sulfide) groups is 1. The van der Waals surface area contributed by atoms with E-state index < -0.39 is 0 Å². The highest BCUT2D eigenvalue weighted by atomic mass is 32.2. The minimum atomic E-state index is 0.667. The number of benzene rings is 1. The Bertz CT molecular complexity index is 493. The number of hydrogen-bond acceptors (Lipinski definition) is 4. The molecule has 0 atom stereocenters. The summed E-state index contributed by atoms with van der Waals surface area (Å²) in [5.41, 5.74) is 6.93. The topological polar surface area (TPSA) is 53.1 Å². The summed E-state index contributed by atoms with van der Waals surface area (Å²) in [7, 11) is 0. The quantitative estimate of drug-likeness (QED) is 0.846. The molecule has 0 aliphatic carbocycles. The maximum absolute atomic E-state index is 5.99. The first-order valence-electron chi connectivity index (χ1n) is 5.37. The Morgan fingerprint density at radius 1 is 1.35 bits per heavy atom. The van der Waals surface area contributed by atoms with E-state index in [9.17, 15) is 0 Å². The predicted molar refractivity (Wildman–Crippen MR) is 70.9 cm³/mol. The molecular formula is C12H15N3OS. The molecule has 0 aliphatic rings. The van der Waals surface area contributed by atoms with E-state index >= 15 is 0 Å². The molecule has 0 aliphatic heterocycles. The van der Waals surface area contributed by atoms with E-state index in [0.717, 1.165) is 16.3 Å². The summed E-state index contributed by atoms with van der Waals surface area (Å²) in [6.07, 6.45) is 3.76. The first-order chi connectivity index (χ1) is 8.26. The van der Waals surface area contributed by atoms with E-state index in [0.29, 0.717) is 12.4 Å². The molecule has 1 aromatic carbocycles. The van der Waals surface area contributed by atoms with Crippen LogP contribution in [0.2, 0.25) is 0 Å². The Hall–Kier alpha value is -1.62. The number of ether oxygens (including phenoxy) is 1. The molecule has 0 bridgehead atoms. The molecule has 1 aromatic heterocycles. The number of anilines is 1. The molecule has 4 nitrogen and oxygen atoms in total. The van der Waals surface area contributed by atoms with Crippen molar-refractivity contribution in [2.75, 3.05) is 18.6 Å². The van der Waals surface area contributed by atoms with Gasteiger partial charge in [-0.1, -0.05) is 0 Å². The van der Waals surface area contributed by atoms with Crippen molar-refractivity contribution in [1.82, 2.24) is 9.78 Å². The minimum Gasteiger partial charge on any atom is -0.494 e. The van der Waals surface area contributed by atoms with Crippen LogP contribution >= 0.6 is 11.8 Å². The van der Waals surface area contributed by atoms with Gasteiger partial charge in [0.25, 0.3) is 0 Å². The predicted octanol–water partition coefficient (Wildman–Crippen LogP) is 2.58. The van der Waals surface area contributed by atoms with E-state index in [2.05, 4.69) is 5.10 Å².